The number of aryl methyl sites for hydroxylation is 1. The number of carbonyl (C=O) groups excluding carboxylic acids is 1. The molecule has 17 heavy (non-hydrogen) atoms. The molecule has 2 rings (SSSR count). The summed E-state index contributed by atoms with van der Waals surface area (Å²) in [7, 11) is 3.29. The fourth-order valence-corrected chi connectivity index (χ4v) is 1.84. The molecule has 1 aromatic rings. The Morgan fingerprint density at radius 3 is 2.88 bits per heavy atom. The van der Waals surface area contributed by atoms with Crippen molar-refractivity contribution in [3.8, 4) is 0 Å². The number of ether oxygens (including phenoxy) is 1. The van der Waals surface area contributed by atoms with Crippen LogP contribution in [0, 0.1) is 12.8 Å². The summed E-state index contributed by atoms with van der Waals surface area (Å²) in [6.45, 7) is 2.82. The highest BCUT2D eigenvalue weighted by Gasteiger charge is 2.28. The molecule has 0 aromatic carbocycles. The van der Waals surface area contributed by atoms with Crippen LogP contribution >= 0.6 is 0 Å². The SMILES string of the molecule is COC(=O)C(NCC1CC1)c1cnn(C)c1C. The minimum atomic E-state index is -0.394. The molecule has 5 nitrogen and oxygen atoms in total. The van der Waals surface area contributed by atoms with E-state index in [1.165, 1.54) is 20.0 Å². The van der Waals surface area contributed by atoms with Crippen LogP contribution in [0.1, 0.15) is 30.1 Å². The van der Waals surface area contributed by atoms with Crippen LogP contribution in [0.2, 0.25) is 0 Å². The van der Waals surface area contributed by atoms with Crippen LogP contribution in [0.25, 0.3) is 0 Å². The summed E-state index contributed by atoms with van der Waals surface area (Å²) in [6.07, 6.45) is 4.25. The Morgan fingerprint density at radius 2 is 2.41 bits per heavy atom. The van der Waals surface area contributed by atoms with Gasteiger partial charge in [-0.1, -0.05) is 0 Å². The number of aromatic nitrogens is 2. The molecule has 1 saturated carbocycles. The highest BCUT2D eigenvalue weighted by Crippen LogP contribution is 2.29. The standard InChI is InChI=1S/C12H19N3O2/c1-8-10(7-14-15(8)2)11(12(16)17-3)13-6-9-4-5-9/h7,9,11,13H,4-6H2,1-3H3. The monoisotopic (exact) mass is 237 g/mol. The Kier molecular flexibility index (Phi) is 3.47. The zero-order valence-corrected chi connectivity index (χ0v) is 10.6. The van der Waals surface area contributed by atoms with Gasteiger partial charge in [0.05, 0.1) is 13.3 Å². The Labute approximate surface area is 101 Å². The van der Waals surface area contributed by atoms with Gasteiger partial charge in [0.2, 0.25) is 0 Å². The molecular weight excluding hydrogens is 218 g/mol. The molecule has 0 saturated heterocycles. The van der Waals surface area contributed by atoms with Gasteiger partial charge in [-0.25, -0.2) is 4.79 Å². The first-order valence-electron chi connectivity index (χ1n) is 5.93. The van der Waals surface area contributed by atoms with Crippen molar-refractivity contribution in [3.05, 3.63) is 17.5 Å². The maximum Gasteiger partial charge on any atom is 0.327 e. The number of hydrogen-bond donors (Lipinski definition) is 1. The van der Waals surface area contributed by atoms with E-state index < -0.39 is 6.04 Å². The smallest absolute Gasteiger partial charge is 0.327 e. The molecule has 0 aliphatic heterocycles. The second-order valence-electron chi connectivity index (χ2n) is 4.62. The quantitative estimate of drug-likeness (QED) is 0.774. The zero-order chi connectivity index (χ0) is 12.4. The normalized spacial score (nSPS) is 16.9. The van der Waals surface area contributed by atoms with Crippen molar-refractivity contribution in [2.45, 2.75) is 25.8 Å². The lowest BCUT2D eigenvalue weighted by Gasteiger charge is -2.16. The summed E-state index contributed by atoms with van der Waals surface area (Å²) in [5.74, 6) is 0.473. The molecule has 1 aliphatic rings. The lowest BCUT2D eigenvalue weighted by atomic mass is 10.1. The molecule has 0 bridgehead atoms. The molecular formula is C12H19N3O2. The van der Waals surface area contributed by atoms with Crippen LogP contribution < -0.4 is 5.32 Å². The van der Waals surface area contributed by atoms with Gasteiger partial charge in [-0.2, -0.15) is 5.10 Å². The van der Waals surface area contributed by atoms with Crippen LogP contribution in [-0.4, -0.2) is 29.4 Å². The minimum Gasteiger partial charge on any atom is -0.468 e. The summed E-state index contributed by atoms with van der Waals surface area (Å²) in [5.41, 5.74) is 1.89. The fraction of sp³-hybridized carbons (Fsp3) is 0.667. The first kappa shape index (κ1) is 12.1. The number of rotatable bonds is 5. The van der Waals surface area contributed by atoms with Crippen molar-refractivity contribution in [2.75, 3.05) is 13.7 Å². The van der Waals surface area contributed by atoms with E-state index in [2.05, 4.69) is 10.4 Å². The van der Waals surface area contributed by atoms with E-state index in [0.717, 1.165) is 23.7 Å². The molecule has 0 radical (unpaired) electrons. The average molecular weight is 237 g/mol. The molecule has 1 heterocycles. The summed E-state index contributed by atoms with van der Waals surface area (Å²) in [6, 6.07) is -0.394. The lowest BCUT2D eigenvalue weighted by Crippen LogP contribution is -2.31. The number of esters is 1. The molecule has 1 unspecified atom stereocenters. The van der Waals surface area contributed by atoms with Gasteiger partial charge in [-0.3, -0.25) is 4.68 Å². The number of hydrogen-bond acceptors (Lipinski definition) is 4. The third-order valence-electron chi connectivity index (χ3n) is 3.33. The number of methoxy groups -OCH3 is 1. The average Bonchev–Trinajstić information content (AvgIpc) is 3.09. The van der Waals surface area contributed by atoms with E-state index in [1.807, 2.05) is 14.0 Å². The van der Waals surface area contributed by atoms with Crippen LogP contribution in [0.15, 0.2) is 6.20 Å². The molecule has 0 spiro atoms. The highest BCUT2D eigenvalue weighted by molar-refractivity contribution is 5.77. The summed E-state index contributed by atoms with van der Waals surface area (Å²) in [5, 5.41) is 7.44. The maximum absolute atomic E-state index is 11.8. The van der Waals surface area contributed by atoms with Gasteiger partial charge in [-0.15, -0.1) is 0 Å². The van der Waals surface area contributed by atoms with Gasteiger partial charge in [-0.05, 0) is 32.2 Å². The topological polar surface area (TPSA) is 56.1 Å². The van der Waals surface area contributed by atoms with E-state index in [9.17, 15) is 4.79 Å². The molecule has 1 aliphatic carbocycles. The van der Waals surface area contributed by atoms with E-state index in [0.29, 0.717) is 0 Å². The Hall–Kier alpha value is -1.36. The van der Waals surface area contributed by atoms with Crippen molar-refractivity contribution in [3.63, 3.8) is 0 Å². The predicted molar refractivity (Wildman–Crippen MR) is 63.4 cm³/mol. The zero-order valence-electron chi connectivity index (χ0n) is 10.6. The van der Waals surface area contributed by atoms with Crippen LogP contribution in [0.5, 0.6) is 0 Å². The molecule has 5 heteroatoms. The number of nitrogens with zero attached hydrogens (tertiary/aromatic N) is 2. The minimum absolute atomic E-state index is 0.248. The molecule has 1 fully saturated rings. The molecule has 94 valence electrons. The van der Waals surface area contributed by atoms with Gasteiger partial charge in [0.15, 0.2) is 0 Å². The molecule has 1 atom stereocenters. The Bertz CT molecular complexity index is 410. The van der Waals surface area contributed by atoms with Gasteiger partial charge < -0.3 is 10.1 Å². The first-order valence-corrected chi connectivity index (χ1v) is 5.93. The summed E-state index contributed by atoms with van der Waals surface area (Å²) in [4.78, 5) is 11.8. The molecule has 1 aromatic heterocycles. The van der Waals surface area contributed by atoms with Crippen molar-refractivity contribution in [1.29, 1.82) is 0 Å². The van der Waals surface area contributed by atoms with Crippen LogP contribution in [-0.2, 0) is 16.6 Å². The van der Waals surface area contributed by atoms with E-state index in [1.54, 1.807) is 10.9 Å². The number of nitrogens with one attached hydrogen (secondary N) is 1. The third-order valence-corrected chi connectivity index (χ3v) is 3.33. The lowest BCUT2D eigenvalue weighted by molar-refractivity contribution is -0.143. The third kappa shape index (κ3) is 2.66. The molecule has 0 amide bonds. The van der Waals surface area contributed by atoms with E-state index in [4.69, 9.17) is 4.74 Å². The van der Waals surface area contributed by atoms with E-state index in [-0.39, 0.29) is 5.97 Å². The van der Waals surface area contributed by atoms with Crippen molar-refractivity contribution >= 4 is 5.97 Å². The van der Waals surface area contributed by atoms with Crippen LogP contribution in [0.3, 0.4) is 0 Å². The number of carbonyl (C=O) groups is 1. The predicted octanol–water partition coefficient (Wildman–Crippen LogP) is 0.942. The second-order valence-corrected chi connectivity index (χ2v) is 4.62. The highest BCUT2D eigenvalue weighted by atomic mass is 16.5. The van der Waals surface area contributed by atoms with Crippen molar-refractivity contribution < 1.29 is 9.53 Å². The van der Waals surface area contributed by atoms with Gasteiger partial charge >= 0.3 is 5.97 Å². The van der Waals surface area contributed by atoms with Crippen molar-refractivity contribution in [2.24, 2.45) is 13.0 Å². The summed E-state index contributed by atoms with van der Waals surface area (Å²) >= 11 is 0. The van der Waals surface area contributed by atoms with Crippen molar-refractivity contribution in [1.82, 2.24) is 15.1 Å². The Morgan fingerprint density at radius 1 is 1.71 bits per heavy atom. The van der Waals surface area contributed by atoms with Gasteiger partial charge in [0.1, 0.15) is 6.04 Å². The van der Waals surface area contributed by atoms with E-state index >= 15 is 0 Å². The summed E-state index contributed by atoms with van der Waals surface area (Å²) < 4.78 is 6.61. The molecule has 1 N–H and O–H groups in total. The second kappa shape index (κ2) is 4.87. The van der Waals surface area contributed by atoms with Gasteiger partial charge in [0.25, 0.3) is 0 Å². The first-order chi connectivity index (χ1) is 8.13. The van der Waals surface area contributed by atoms with Gasteiger partial charge in [0, 0.05) is 18.3 Å². The maximum atomic E-state index is 11.8. The Balaban J connectivity index is 2.12. The largest absolute Gasteiger partial charge is 0.468 e. The fourth-order valence-electron chi connectivity index (χ4n) is 1.84. The van der Waals surface area contributed by atoms with Crippen LogP contribution in [0.4, 0.5) is 0 Å².